The molecule has 0 atom stereocenters. The lowest BCUT2D eigenvalue weighted by Gasteiger charge is -2.15. The van der Waals surface area contributed by atoms with E-state index in [2.05, 4.69) is 10.1 Å². The number of carbonyl (C=O) groups excluding carboxylic acids is 3. The number of nitrogens with two attached hydrogens (primary N) is 1. The van der Waals surface area contributed by atoms with Gasteiger partial charge in [0.1, 0.15) is 5.70 Å². The highest BCUT2D eigenvalue weighted by molar-refractivity contribution is 6.09. The maximum Gasteiger partial charge on any atom is 0.337 e. The molecule has 0 aliphatic carbocycles. The Morgan fingerprint density at radius 1 is 1.39 bits per heavy atom. The molecular weight excluding hydrogens is 302 g/mol. The van der Waals surface area contributed by atoms with Crippen LogP contribution >= 0.6 is 0 Å². The first-order valence-corrected chi connectivity index (χ1v) is 6.87. The van der Waals surface area contributed by atoms with E-state index in [9.17, 15) is 14.4 Å². The number of ether oxygens (including phenoxy) is 1. The molecule has 0 radical (unpaired) electrons. The van der Waals surface area contributed by atoms with Gasteiger partial charge in [-0.15, -0.1) is 0 Å². The summed E-state index contributed by atoms with van der Waals surface area (Å²) in [5.74, 6) is -1.78. The van der Waals surface area contributed by atoms with Crippen LogP contribution in [0.3, 0.4) is 0 Å². The van der Waals surface area contributed by atoms with Crippen LogP contribution in [0.2, 0.25) is 0 Å². The van der Waals surface area contributed by atoms with Crippen LogP contribution in [-0.2, 0) is 14.3 Å². The van der Waals surface area contributed by atoms with Crippen LogP contribution in [0.5, 0.6) is 0 Å². The summed E-state index contributed by atoms with van der Waals surface area (Å²) in [6.07, 6.45) is 0. The summed E-state index contributed by atoms with van der Waals surface area (Å²) in [4.78, 5) is 37.0. The monoisotopic (exact) mass is 319 g/mol. The van der Waals surface area contributed by atoms with Crippen molar-refractivity contribution in [3.8, 4) is 0 Å². The van der Waals surface area contributed by atoms with Crippen molar-refractivity contribution in [3.05, 3.63) is 41.1 Å². The van der Waals surface area contributed by atoms with Crippen molar-refractivity contribution in [1.29, 1.82) is 0 Å². The molecule has 4 N–H and O–H groups in total. The van der Waals surface area contributed by atoms with Gasteiger partial charge in [-0.05, 0) is 12.1 Å². The molecule has 0 bridgehead atoms. The van der Waals surface area contributed by atoms with Gasteiger partial charge in [0.25, 0.3) is 11.8 Å². The number of nitrogens with zero attached hydrogens (tertiary/aromatic N) is 1. The van der Waals surface area contributed by atoms with Crippen molar-refractivity contribution in [3.63, 3.8) is 0 Å². The third kappa shape index (κ3) is 3.32. The number of carbonyl (C=O) groups is 3. The van der Waals surface area contributed by atoms with Crippen molar-refractivity contribution < 1.29 is 24.2 Å². The van der Waals surface area contributed by atoms with Gasteiger partial charge in [0, 0.05) is 6.54 Å². The fourth-order valence-electron chi connectivity index (χ4n) is 2.29. The van der Waals surface area contributed by atoms with Gasteiger partial charge in [0.05, 0.1) is 37.1 Å². The van der Waals surface area contributed by atoms with Crippen molar-refractivity contribution in [2.75, 3.05) is 32.1 Å². The van der Waals surface area contributed by atoms with Crippen LogP contribution in [0.25, 0.3) is 0 Å². The van der Waals surface area contributed by atoms with Gasteiger partial charge in [0.15, 0.2) is 0 Å². The number of methoxy groups -OCH3 is 1. The summed E-state index contributed by atoms with van der Waals surface area (Å²) in [5.41, 5.74) is 5.95. The smallest absolute Gasteiger partial charge is 0.337 e. The molecule has 1 aromatic rings. The molecule has 0 unspecified atom stereocenters. The van der Waals surface area contributed by atoms with Crippen LogP contribution in [0.15, 0.2) is 35.5 Å². The van der Waals surface area contributed by atoms with Crippen molar-refractivity contribution in [1.82, 2.24) is 4.90 Å². The zero-order chi connectivity index (χ0) is 17.0. The number of rotatable bonds is 6. The summed E-state index contributed by atoms with van der Waals surface area (Å²) in [7, 11) is 1.21. The van der Waals surface area contributed by atoms with Gasteiger partial charge in [-0.3, -0.25) is 9.59 Å². The Morgan fingerprint density at radius 2 is 2.09 bits per heavy atom. The summed E-state index contributed by atoms with van der Waals surface area (Å²) >= 11 is 0. The van der Waals surface area contributed by atoms with Gasteiger partial charge in [0.2, 0.25) is 0 Å². The van der Waals surface area contributed by atoms with E-state index >= 15 is 0 Å². The minimum absolute atomic E-state index is 0.0130. The van der Waals surface area contributed by atoms with E-state index in [4.69, 9.17) is 10.8 Å². The number of aliphatic hydroxyl groups is 1. The molecule has 0 saturated heterocycles. The molecule has 1 aromatic carbocycles. The first-order chi connectivity index (χ1) is 11.0. The molecule has 2 amide bonds. The molecule has 0 aromatic heterocycles. The average molecular weight is 319 g/mol. The zero-order valence-corrected chi connectivity index (χ0v) is 12.5. The van der Waals surface area contributed by atoms with Crippen LogP contribution < -0.4 is 11.1 Å². The predicted molar refractivity (Wildman–Crippen MR) is 81.3 cm³/mol. The number of primary amides is 1. The molecule has 1 aliphatic rings. The number of nitrogens with one attached hydrogen (secondary N) is 1. The Labute approximate surface area is 132 Å². The summed E-state index contributed by atoms with van der Waals surface area (Å²) in [5, 5.41) is 11.8. The molecule has 2 rings (SSSR count). The third-order valence-electron chi connectivity index (χ3n) is 3.41. The number of aliphatic hydroxyl groups excluding tert-OH is 1. The Morgan fingerprint density at radius 3 is 2.70 bits per heavy atom. The van der Waals surface area contributed by atoms with Crippen LogP contribution in [0, 0.1) is 0 Å². The molecule has 8 nitrogen and oxygen atoms in total. The van der Waals surface area contributed by atoms with Crippen molar-refractivity contribution in [2.24, 2.45) is 5.73 Å². The second kappa shape index (κ2) is 6.93. The molecular formula is C15H17N3O5. The van der Waals surface area contributed by atoms with E-state index in [1.807, 2.05) is 0 Å². The number of benzene rings is 1. The molecule has 1 heterocycles. The lowest BCUT2D eigenvalue weighted by atomic mass is 10.1. The van der Waals surface area contributed by atoms with E-state index in [0.717, 1.165) is 0 Å². The number of para-hydroxylation sites is 1. The fraction of sp³-hybridized carbons (Fsp3) is 0.267. The third-order valence-corrected chi connectivity index (χ3v) is 3.41. The van der Waals surface area contributed by atoms with E-state index in [1.165, 1.54) is 18.1 Å². The van der Waals surface area contributed by atoms with Crippen LogP contribution in [0.1, 0.15) is 10.4 Å². The van der Waals surface area contributed by atoms with Gasteiger partial charge in [-0.25, -0.2) is 4.79 Å². The summed E-state index contributed by atoms with van der Waals surface area (Å²) in [6.45, 7) is -0.125. The Hall–Kier alpha value is -2.87. The van der Waals surface area contributed by atoms with Gasteiger partial charge >= 0.3 is 5.97 Å². The minimum Gasteiger partial charge on any atom is -0.466 e. The number of amides is 2. The molecule has 23 heavy (non-hydrogen) atoms. The largest absolute Gasteiger partial charge is 0.466 e. The zero-order valence-electron chi connectivity index (χ0n) is 12.5. The van der Waals surface area contributed by atoms with E-state index in [-0.39, 0.29) is 36.5 Å². The fourth-order valence-corrected chi connectivity index (χ4v) is 2.29. The SMILES string of the molecule is COC(=O)C1=C(Nc2ccccc2C(N)=O)C(=O)N(CCO)C1. The first-order valence-electron chi connectivity index (χ1n) is 6.87. The second-order valence-corrected chi connectivity index (χ2v) is 4.83. The maximum absolute atomic E-state index is 12.4. The molecule has 8 heteroatoms. The van der Waals surface area contributed by atoms with Crippen LogP contribution in [0.4, 0.5) is 5.69 Å². The van der Waals surface area contributed by atoms with Gasteiger partial charge in [-0.2, -0.15) is 0 Å². The number of anilines is 1. The molecule has 0 fully saturated rings. The Balaban J connectivity index is 2.39. The lowest BCUT2D eigenvalue weighted by molar-refractivity contribution is -0.136. The highest BCUT2D eigenvalue weighted by Crippen LogP contribution is 2.24. The topological polar surface area (TPSA) is 122 Å². The standard InChI is InChI=1S/C15H17N3O5/c1-23-15(22)10-8-18(6-7-19)14(21)12(10)17-11-5-3-2-4-9(11)13(16)20/h2-5,17,19H,6-8H2,1H3,(H2,16,20). The quantitative estimate of drug-likeness (QED) is 0.605. The molecule has 1 aliphatic heterocycles. The second-order valence-electron chi connectivity index (χ2n) is 4.83. The van der Waals surface area contributed by atoms with Crippen molar-refractivity contribution >= 4 is 23.5 Å². The van der Waals surface area contributed by atoms with E-state index in [0.29, 0.717) is 5.69 Å². The number of β-amino-alcohol motifs (C(OH)–C–C–N with tert-alkyl or cyclic N) is 1. The van der Waals surface area contributed by atoms with Crippen LogP contribution in [-0.4, -0.2) is 54.6 Å². The molecule has 122 valence electrons. The lowest BCUT2D eigenvalue weighted by Crippen LogP contribution is -2.31. The van der Waals surface area contributed by atoms with Crippen molar-refractivity contribution in [2.45, 2.75) is 0 Å². The number of hydrogen-bond acceptors (Lipinski definition) is 6. The number of hydrogen-bond donors (Lipinski definition) is 3. The predicted octanol–water partition coefficient (Wildman–Crippen LogP) is -0.541. The normalized spacial score (nSPS) is 14.2. The highest BCUT2D eigenvalue weighted by atomic mass is 16.5. The Kier molecular flexibility index (Phi) is 4.97. The molecule has 0 saturated carbocycles. The summed E-state index contributed by atoms with van der Waals surface area (Å²) < 4.78 is 4.68. The maximum atomic E-state index is 12.4. The number of esters is 1. The minimum atomic E-state index is -0.661. The highest BCUT2D eigenvalue weighted by Gasteiger charge is 2.34. The van der Waals surface area contributed by atoms with Gasteiger partial charge < -0.3 is 25.8 Å². The first kappa shape index (κ1) is 16.5. The van der Waals surface area contributed by atoms with Gasteiger partial charge in [-0.1, -0.05) is 12.1 Å². The van der Waals surface area contributed by atoms with E-state index < -0.39 is 17.8 Å². The molecule has 0 spiro atoms. The van der Waals surface area contributed by atoms with E-state index in [1.54, 1.807) is 18.2 Å². The summed E-state index contributed by atoms with van der Waals surface area (Å²) in [6, 6.07) is 6.38. The Bertz CT molecular complexity index is 683. The average Bonchev–Trinajstić information content (AvgIpc) is 2.84.